The Balaban J connectivity index is 2.36. The number of carbonyl (C=O) groups excluding carboxylic acids is 2. The zero-order valence-corrected chi connectivity index (χ0v) is 15.3. The number of hydrogen-bond acceptors (Lipinski definition) is 6. The standard InChI is InChI=1S/C15H18N4O3S2/c1-5-6-19-13(21)11-8(2)9(3)24-12(11)18-15(19)23-7-10(20)17-14(22)16-4/h5H,1,6-7H2,2-4H3,(H2,16,17,20,22). The molecule has 0 saturated heterocycles. The van der Waals surface area contributed by atoms with Crippen molar-refractivity contribution in [2.24, 2.45) is 0 Å². The average molecular weight is 366 g/mol. The summed E-state index contributed by atoms with van der Waals surface area (Å²) >= 11 is 2.56. The van der Waals surface area contributed by atoms with Crippen molar-refractivity contribution in [3.05, 3.63) is 33.4 Å². The van der Waals surface area contributed by atoms with Gasteiger partial charge in [0.25, 0.3) is 5.56 Å². The lowest BCUT2D eigenvalue weighted by molar-refractivity contribution is -0.117. The van der Waals surface area contributed by atoms with Crippen LogP contribution in [0, 0.1) is 13.8 Å². The van der Waals surface area contributed by atoms with E-state index in [4.69, 9.17) is 0 Å². The maximum atomic E-state index is 12.7. The fourth-order valence-electron chi connectivity index (χ4n) is 2.06. The fraction of sp³-hybridized carbons (Fsp3) is 0.333. The van der Waals surface area contributed by atoms with Crippen LogP contribution in [0.3, 0.4) is 0 Å². The fourth-order valence-corrected chi connectivity index (χ4v) is 3.94. The third-order valence-electron chi connectivity index (χ3n) is 3.38. The molecule has 3 amide bonds. The molecule has 0 radical (unpaired) electrons. The van der Waals surface area contributed by atoms with Gasteiger partial charge in [0, 0.05) is 18.5 Å². The van der Waals surface area contributed by atoms with Crippen LogP contribution < -0.4 is 16.2 Å². The van der Waals surface area contributed by atoms with Crippen LogP contribution in [0.15, 0.2) is 22.6 Å². The van der Waals surface area contributed by atoms with Crippen LogP contribution in [0.2, 0.25) is 0 Å². The van der Waals surface area contributed by atoms with Gasteiger partial charge in [-0.15, -0.1) is 17.9 Å². The molecule has 0 atom stereocenters. The molecule has 7 nitrogen and oxygen atoms in total. The highest BCUT2D eigenvalue weighted by atomic mass is 32.2. The number of urea groups is 1. The Kier molecular flexibility index (Phi) is 5.79. The quantitative estimate of drug-likeness (QED) is 0.478. The number of rotatable bonds is 5. The van der Waals surface area contributed by atoms with Gasteiger partial charge in [0.1, 0.15) is 4.83 Å². The number of fused-ring (bicyclic) bond motifs is 1. The first-order chi connectivity index (χ1) is 11.4. The molecule has 2 aromatic rings. The van der Waals surface area contributed by atoms with Gasteiger partial charge in [-0.3, -0.25) is 19.5 Å². The summed E-state index contributed by atoms with van der Waals surface area (Å²) in [4.78, 5) is 41.8. The van der Waals surface area contributed by atoms with Crippen molar-refractivity contribution in [1.82, 2.24) is 20.2 Å². The Morgan fingerprint density at radius 2 is 2.12 bits per heavy atom. The van der Waals surface area contributed by atoms with Crippen molar-refractivity contribution in [1.29, 1.82) is 0 Å². The first kappa shape index (κ1) is 18.2. The Bertz CT molecular complexity index is 870. The van der Waals surface area contributed by atoms with Gasteiger partial charge in [-0.1, -0.05) is 17.8 Å². The molecule has 0 aliphatic carbocycles. The molecule has 128 valence electrons. The van der Waals surface area contributed by atoms with E-state index in [-0.39, 0.29) is 11.3 Å². The smallest absolute Gasteiger partial charge is 0.321 e. The predicted octanol–water partition coefficient (Wildman–Crippen LogP) is 1.81. The van der Waals surface area contributed by atoms with Crippen LogP contribution in [0.1, 0.15) is 10.4 Å². The van der Waals surface area contributed by atoms with Crippen LogP contribution in [-0.2, 0) is 11.3 Å². The number of carbonyl (C=O) groups is 2. The minimum Gasteiger partial charge on any atom is -0.341 e. The molecule has 2 N–H and O–H groups in total. The topological polar surface area (TPSA) is 93.1 Å². The summed E-state index contributed by atoms with van der Waals surface area (Å²) in [6.07, 6.45) is 1.61. The molecule has 0 fully saturated rings. The summed E-state index contributed by atoms with van der Waals surface area (Å²) in [7, 11) is 1.43. The number of aromatic nitrogens is 2. The Labute approximate surface area is 147 Å². The Morgan fingerprint density at radius 1 is 1.42 bits per heavy atom. The summed E-state index contributed by atoms with van der Waals surface area (Å²) in [5.74, 6) is -0.483. The second-order valence-electron chi connectivity index (χ2n) is 4.98. The lowest BCUT2D eigenvalue weighted by Crippen LogP contribution is -2.38. The maximum absolute atomic E-state index is 12.7. The molecule has 0 unspecified atom stereocenters. The zero-order valence-electron chi connectivity index (χ0n) is 13.6. The minimum absolute atomic E-state index is 0.0220. The number of hydrogen-bond donors (Lipinski definition) is 2. The van der Waals surface area contributed by atoms with Crippen molar-refractivity contribution >= 4 is 45.3 Å². The second kappa shape index (κ2) is 7.63. The number of nitrogens with one attached hydrogen (secondary N) is 2. The van der Waals surface area contributed by atoms with Gasteiger partial charge < -0.3 is 5.32 Å². The van der Waals surface area contributed by atoms with Gasteiger partial charge in [-0.2, -0.15) is 0 Å². The molecule has 0 spiro atoms. The van der Waals surface area contributed by atoms with Gasteiger partial charge in [-0.05, 0) is 19.4 Å². The van der Waals surface area contributed by atoms with E-state index in [2.05, 4.69) is 22.2 Å². The number of thioether (sulfide) groups is 1. The summed E-state index contributed by atoms with van der Waals surface area (Å²) in [5, 5.41) is 5.52. The van der Waals surface area contributed by atoms with E-state index in [1.54, 1.807) is 6.08 Å². The number of aryl methyl sites for hydroxylation is 2. The third kappa shape index (κ3) is 3.68. The highest BCUT2D eigenvalue weighted by molar-refractivity contribution is 7.99. The molecular weight excluding hydrogens is 348 g/mol. The van der Waals surface area contributed by atoms with Crippen LogP contribution in [0.5, 0.6) is 0 Å². The van der Waals surface area contributed by atoms with Gasteiger partial charge >= 0.3 is 6.03 Å². The molecule has 0 aromatic carbocycles. The normalized spacial score (nSPS) is 10.6. The van der Waals surface area contributed by atoms with E-state index in [1.807, 2.05) is 13.8 Å². The first-order valence-corrected chi connectivity index (χ1v) is 8.95. The molecule has 24 heavy (non-hydrogen) atoms. The van der Waals surface area contributed by atoms with Crippen LogP contribution in [-0.4, -0.2) is 34.3 Å². The molecule has 0 aliphatic heterocycles. The zero-order chi connectivity index (χ0) is 17.9. The van der Waals surface area contributed by atoms with E-state index in [1.165, 1.54) is 23.0 Å². The average Bonchev–Trinajstić information content (AvgIpc) is 2.83. The van der Waals surface area contributed by atoms with Gasteiger partial charge in [-0.25, -0.2) is 9.78 Å². The molecular formula is C15H18N4O3S2. The molecule has 9 heteroatoms. The van der Waals surface area contributed by atoms with Crippen LogP contribution in [0.4, 0.5) is 4.79 Å². The van der Waals surface area contributed by atoms with Crippen molar-refractivity contribution in [3.8, 4) is 0 Å². The first-order valence-electron chi connectivity index (χ1n) is 7.14. The van der Waals surface area contributed by atoms with E-state index in [9.17, 15) is 14.4 Å². The molecule has 2 rings (SSSR count). The van der Waals surface area contributed by atoms with Crippen LogP contribution >= 0.6 is 23.1 Å². The van der Waals surface area contributed by atoms with Gasteiger partial charge in [0.15, 0.2) is 5.16 Å². The maximum Gasteiger partial charge on any atom is 0.321 e. The van der Waals surface area contributed by atoms with Crippen molar-refractivity contribution in [3.63, 3.8) is 0 Å². The number of allylic oxidation sites excluding steroid dienone is 1. The number of amides is 3. The Hall–Kier alpha value is -2.13. The second-order valence-corrected chi connectivity index (χ2v) is 7.12. The summed E-state index contributed by atoms with van der Waals surface area (Å²) in [6.45, 7) is 7.82. The van der Waals surface area contributed by atoms with Crippen LogP contribution in [0.25, 0.3) is 10.2 Å². The van der Waals surface area contributed by atoms with Crippen molar-refractivity contribution in [2.75, 3.05) is 12.8 Å². The molecule has 0 bridgehead atoms. The number of imide groups is 1. The predicted molar refractivity (Wildman–Crippen MR) is 96.9 cm³/mol. The summed E-state index contributed by atoms with van der Waals surface area (Å²) < 4.78 is 1.49. The van der Waals surface area contributed by atoms with E-state index in [0.29, 0.717) is 21.9 Å². The lowest BCUT2D eigenvalue weighted by Gasteiger charge is -2.10. The number of thiophene rings is 1. The SMILES string of the molecule is C=CCn1c(SCC(=O)NC(=O)NC)nc2sc(C)c(C)c2c1=O. The highest BCUT2D eigenvalue weighted by Gasteiger charge is 2.17. The van der Waals surface area contributed by atoms with E-state index < -0.39 is 11.9 Å². The highest BCUT2D eigenvalue weighted by Crippen LogP contribution is 2.28. The van der Waals surface area contributed by atoms with E-state index >= 15 is 0 Å². The number of nitrogens with zero attached hydrogens (tertiary/aromatic N) is 2. The van der Waals surface area contributed by atoms with Crippen molar-refractivity contribution < 1.29 is 9.59 Å². The largest absolute Gasteiger partial charge is 0.341 e. The minimum atomic E-state index is -0.572. The molecule has 2 heterocycles. The van der Waals surface area contributed by atoms with Gasteiger partial charge in [0.05, 0.1) is 11.1 Å². The van der Waals surface area contributed by atoms with E-state index in [0.717, 1.165) is 22.2 Å². The van der Waals surface area contributed by atoms with Crippen molar-refractivity contribution in [2.45, 2.75) is 25.5 Å². The summed E-state index contributed by atoms with van der Waals surface area (Å²) in [5.41, 5.74) is 0.787. The Morgan fingerprint density at radius 3 is 2.75 bits per heavy atom. The molecule has 2 aromatic heterocycles. The molecule has 0 aliphatic rings. The third-order valence-corrected chi connectivity index (χ3v) is 5.46. The van der Waals surface area contributed by atoms with Gasteiger partial charge in [0.2, 0.25) is 5.91 Å². The lowest BCUT2D eigenvalue weighted by atomic mass is 10.2. The monoisotopic (exact) mass is 366 g/mol. The summed E-state index contributed by atoms with van der Waals surface area (Å²) in [6, 6.07) is -0.572. The molecule has 0 saturated carbocycles.